The third kappa shape index (κ3) is 6.14. The Labute approximate surface area is 220 Å². The van der Waals surface area contributed by atoms with Gasteiger partial charge in [0.1, 0.15) is 6.10 Å². The first-order valence-electron chi connectivity index (χ1n) is 13.1. The molecule has 1 aromatic carbocycles. The van der Waals surface area contributed by atoms with Crippen LogP contribution in [0.5, 0.6) is 6.01 Å². The second-order valence-corrected chi connectivity index (χ2v) is 13.0. The number of piperidine rings is 2. The molecule has 0 radical (unpaired) electrons. The highest BCUT2D eigenvalue weighted by Crippen LogP contribution is 2.39. The lowest BCUT2D eigenvalue weighted by Crippen LogP contribution is -2.61. The van der Waals surface area contributed by atoms with Gasteiger partial charge in [0.05, 0.1) is 0 Å². The van der Waals surface area contributed by atoms with Crippen molar-refractivity contribution >= 4 is 17.6 Å². The van der Waals surface area contributed by atoms with Crippen LogP contribution in [-0.2, 0) is 0 Å². The molecule has 3 heterocycles. The Morgan fingerprint density at radius 3 is 1.76 bits per heavy atom. The van der Waals surface area contributed by atoms with E-state index in [1.807, 2.05) is 85.7 Å². The zero-order chi connectivity index (χ0) is 27.2. The first-order chi connectivity index (χ1) is 17.1. The molecule has 37 heavy (non-hydrogen) atoms. The molecule has 0 amide bonds. The first-order valence-corrected chi connectivity index (χ1v) is 13.1. The van der Waals surface area contributed by atoms with Crippen LogP contribution in [0.25, 0.3) is 0 Å². The van der Waals surface area contributed by atoms with Gasteiger partial charge >= 0.3 is 6.01 Å². The molecule has 2 saturated heterocycles. The largest absolute Gasteiger partial charge is 0.460 e. The molecule has 204 valence electrons. The summed E-state index contributed by atoms with van der Waals surface area (Å²) < 4.78 is 6.35. The second kappa shape index (κ2) is 9.65. The van der Waals surface area contributed by atoms with E-state index < -0.39 is 22.2 Å². The van der Waals surface area contributed by atoms with Crippen molar-refractivity contribution in [3.63, 3.8) is 0 Å². The first kappa shape index (κ1) is 27.5. The van der Waals surface area contributed by atoms with E-state index in [1.54, 1.807) is 0 Å². The summed E-state index contributed by atoms with van der Waals surface area (Å²) in [4.78, 5) is 13.9. The minimum absolute atomic E-state index is 0.0451. The van der Waals surface area contributed by atoms with E-state index in [1.165, 1.54) is 10.1 Å². The van der Waals surface area contributed by atoms with Crippen molar-refractivity contribution in [3.05, 3.63) is 30.3 Å². The normalized spacial score (nSPS) is 23.9. The minimum Gasteiger partial charge on any atom is -0.460 e. The van der Waals surface area contributed by atoms with Crippen molar-refractivity contribution < 1.29 is 15.2 Å². The quantitative estimate of drug-likeness (QED) is 0.409. The monoisotopic (exact) mass is 513 g/mol. The molecule has 0 aliphatic carbocycles. The van der Waals surface area contributed by atoms with Gasteiger partial charge in [-0.1, -0.05) is 18.2 Å². The van der Waals surface area contributed by atoms with Crippen molar-refractivity contribution in [2.45, 2.75) is 115 Å². The molecule has 2 fully saturated rings. The topological polar surface area (TPSA) is 119 Å². The lowest BCUT2D eigenvalue weighted by atomic mass is 9.79. The molecule has 4 rings (SSSR count). The average molecular weight is 514 g/mol. The van der Waals surface area contributed by atoms with Gasteiger partial charge in [0.15, 0.2) is 0 Å². The average Bonchev–Trinajstić information content (AvgIpc) is 2.75. The SMILES string of the molecule is CC1(C)CC(Nc2nc(Nc3ccccc3)nc(OC3CC(C)(C)N(O)C(C)(C)C3)n2)CC(C)(C)N1O. The Balaban J connectivity index is 1.61. The standard InChI is InChI=1S/C27H43N7O3/c1-24(2)14-19(15-25(3,4)33(24)35)29-22-30-21(28-18-12-10-9-11-13-18)31-23(32-22)37-20-16-26(5,6)34(36)27(7,8)17-20/h9-13,19-20,35-36H,14-17H2,1-8H3,(H2,28,29,30,31,32). The van der Waals surface area contributed by atoms with E-state index in [0.717, 1.165) is 5.69 Å². The Kier molecular flexibility index (Phi) is 7.17. The maximum Gasteiger partial charge on any atom is 0.323 e. The van der Waals surface area contributed by atoms with Crippen LogP contribution >= 0.6 is 0 Å². The number of para-hydroxylation sites is 1. The lowest BCUT2D eigenvalue weighted by molar-refractivity contribution is -0.255. The predicted molar refractivity (Wildman–Crippen MR) is 143 cm³/mol. The van der Waals surface area contributed by atoms with Gasteiger partial charge in [-0.05, 0) is 80.4 Å². The van der Waals surface area contributed by atoms with Crippen LogP contribution in [0.1, 0.15) is 81.1 Å². The number of benzene rings is 1. The summed E-state index contributed by atoms with van der Waals surface area (Å²) in [6, 6.07) is 10.0. The van der Waals surface area contributed by atoms with Crippen LogP contribution in [0.4, 0.5) is 17.6 Å². The molecule has 0 unspecified atom stereocenters. The number of hydrogen-bond donors (Lipinski definition) is 4. The Morgan fingerprint density at radius 2 is 1.22 bits per heavy atom. The van der Waals surface area contributed by atoms with Gasteiger partial charge in [-0.3, -0.25) is 0 Å². The molecule has 10 heteroatoms. The van der Waals surface area contributed by atoms with Gasteiger partial charge < -0.3 is 25.8 Å². The molecule has 4 N–H and O–H groups in total. The van der Waals surface area contributed by atoms with E-state index in [4.69, 9.17) is 4.74 Å². The summed E-state index contributed by atoms with van der Waals surface area (Å²) in [7, 11) is 0. The highest BCUT2D eigenvalue weighted by molar-refractivity contribution is 5.54. The zero-order valence-electron chi connectivity index (χ0n) is 23.4. The van der Waals surface area contributed by atoms with Crippen LogP contribution in [-0.4, -0.2) is 69.8 Å². The van der Waals surface area contributed by atoms with Gasteiger partial charge in [0, 0.05) is 46.7 Å². The minimum atomic E-state index is -0.457. The number of hydroxylamine groups is 4. The van der Waals surface area contributed by atoms with Crippen LogP contribution < -0.4 is 15.4 Å². The summed E-state index contributed by atoms with van der Waals surface area (Å²) >= 11 is 0. The van der Waals surface area contributed by atoms with Crippen molar-refractivity contribution in [1.29, 1.82) is 0 Å². The fourth-order valence-corrected chi connectivity index (χ4v) is 6.15. The fraction of sp³-hybridized carbons (Fsp3) is 0.667. The number of anilines is 3. The molecule has 1 aromatic heterocycles. The van der Waals surface area contributed by atoms with Crippen LogP contribution in [0, 0.1) is 0 Å². The van der Waals surface area contributed by atoms with Crippen molar-refractivity contribution in [2.75, 3.05) is 10.6 Å². The zero-order valence-corrected chi connectivity index (χ0v) is 23.4. The molecule has 0 spiro atoms. The number of nitrogens with zero attached hydrogens (tertiary/aromatic N) is 5. The predicted octanol–water partition coefficient (Wildman–Crippen LogP) is 5.23. The van der Waals surface area contributed by atoms with Gasteiger partial charge in [-0.15, -0.1) is 0 Å². The molecule has 2 aliphatic heterocycles. The second-order valence-electron chi connectivity index (χ2n) is 13.0. The van der Waals surface area contributed by atoms with Crippen LogP contribution in [0.15, 0.2) is 30.3 Å². The summed E-state index contributed by atoms with van der Waals surface area (Å²) in [5.74, 6) is 0.805. The Bertz CT molecular complexity index is 992. The molecule has 0 bridgehead atoms. The summed E-state index contributed by atoms with van der Waals surface area (Å²) in [6.07, 6.45) is 2.50. The third-order valence-corrected chi connectivity index (χ3v) is 7.49. The molecular formula is C27H43N7O3. The maximum absolute atomic E-state index is 10.7. The van der Waals surface area contributed by atoms with Gasteiger partial charge in [-0.2, -0.15) is 25.1 Å². The summed E-state index contributed by atoms with van der Waals surface area (Å²) in [5, 5.41) is 31.0. The fourth-order valence-electron chi connectivity index (χ4n) is 6.15. The van der Waals surface area contributed by atoms with Gasteiger partial charge in [-0.25, -0.2) is 0 Å². The molecular weight excluding hydrogens is 470 g/mol. The molecule has 2 aromatic rings. The number of hydrogen-bond acceptors (Lipinski definition) is 10. The smallest absolute Gasteiger partial charge is 0.323 e. The van der Waals surface area contributed by atoms with Crippen LogP contribution in [0.3, 0.4) is 0 Å². The van der Waals surface area contributed by atoms with E-state index in [9.17, 15) is 10.4 Å². The van der Waals surface area contributed by atoms with E-state index in [0.29, 0.717) is 37.6 Å². The molecule has 10 nitrogen and oxygen atoms in total. The Morgan fingerprint density at radius 1 is 0.730 bits per heavy atom. The van der Waals surface area contributed by atoms with Crippen LogP contribution in [0.2, 0.25) is 0 Å². The molecule has 0 saturated carbocycles. The lowest BCUT2D eigenvalue weighted by Gasteiger charge is -2.51. The maximum atomic E-state index is 10.7. The molecule has 0 atom stereocenters. The highest BCUT2D eigenvalue weighted by atomic mass is 16.5. The number of rotatable bonds is 6. The van der Waals surface area contributed by atoms with Gasteiger partial charge in [0.2, 0.25) is 11.9 Å². The van der Waals surface area contributed by atoms with Crippen molar-refractivity contribution in [3.8, 4) is 6.01 Å². The van der Waals surface area contributed by atoms with Crippen molar-refractivity contribution in [1.82, 2.24) is 25.1 Å². The third-order valence-electron chi connectivity index (χ3n) is 7.49. The van der Waals surface area contributed by atoms with E-state index >= 15 is 0 Å². The van der Waals surface area contributed by atoms with E-state index in [-0.39, 0.29) is 18.2 Å². The number of ether oxygens (including phenoxy) is 1. The van der Waals surface area contributed by atoms with Crippen molar-refractivity contribution in [2.24, 2.45) is 0 Å². The summed E-state index contributed by atoms with van der Waals surface area (Å²) in [5.41, 5.74) is -0.877. The highest BCUT2D eigenvalue weighted by Gasteiger charge is 2.47. The number of aromatic nitrogens is 3. The molecule has 2 aliphatic rings. The number of nitrogens with one attached hydrogen (secondary N) is 2. The Hall–Kier alpha value is -2.53. The van der Waals surface area contributed by atoms with Gasteiger partial charge in [0.25, 0.3) is 0 Å². The summed E-state index contributed by atoms with van der Waals surface area (Å²) in [6.45, 7) is 16.1. The van der Waals surface area contributed by atoms with E-state index in [2.05, 4.69) is 25.6 Å².